The van der Waals surface area contributed by atoms with Crippen molar-refractivity contribution in [3.8, 4) is 17.0 Å². The third-order valence-electron chi connectivity index (χ3n) is 3.82. The lowest BCUT2D eigenvalue weighted by Crippen LogP contribution is -2.25. The van der Waals surface area contributed by atoms with Gasteiger partial charge in [-0.25, -0.2) is 0 Å². The number of methoxy groups -OCH3 is 1. The van der Waals surface area contributed by atoms with E-state index in [-0.39, 0.29) is 5.91 Å². The highest BCUT2D eigenvalue weighted by atomic mass is 79.9. The molecule has 0 atom stereocenters. The summed E-state index contributed by atoms with van der Waals surface area (Å²) in [4.78, 5) is 12.3. The predicted octanol–water partition coefficient (Wildman–Crippen LogP) is 2.99. The maximum atomic E-state index is 12.3. The first-order valence-corrected chi connectivity index (χ1v) is 8.60. The van der Waals surface area contributed by atoms with Crippen molar-refractivity contribution in [1.82, 2.24) is 25.3 Å². The molecule has 0 saturated carbocycles. The Morgan fingerprint density at radius 3 is 2.80 bits per heavy atom. The molecule has 7 nitrogen and oxygen atoms in total. The second-order valence-electron chi connectivity index (χ2n) is 5.33. The van der Waals surface area contributed by atoms with Crippen molar-refractivity contribution in [3.05, 3.63) is 52.4 Å². The molecule has 1 amide bonds. The summed E-state index contributed by atoms with van der Waals surface area (Å²) in [6, 6.07) is 9.23. The van der Waals surface area contributed by atoms with Gasteiger partial charge in [0.25, 0.3) is 5.91 Å². The van der Waals surface area contributed by atoms with Gasteiger partial charge >= 0.3 is 0 Å². The molecule has 1 aromatic carbocycles. The predicted molar refractivity (Wildman–Crippen MR) is 97.3 cm³/mol. The lowest BCUT2D eigenvalue weighted by Gasteiger charge is -2.06. The number of rotatable bonds is 6. The number of aromatic amines is 1. The zero-order valence-electron chi connectivity index (χ0n) is 13.9. The zero-order valence-corrected chi connectivity index (χ0v) is 15.5. The molecule has 0 aliphatic carbocycles. The average molecular weight is 404 g/mol. The number of nitrogens with zero attached hydrogens (tertiary/aromatic N) is 3. The van der Waals surface area contributed by atoms with E-state index in [9.17, 15) is 4.79 Å². The molecule has 0 spiro atoms. The summed E-state index contributed by atoms with van der Waals surface area (Å²) in [7, 11) is 1.62. The van der Waals surface area contributed by atoms with Gasteiger partial charge in [-0.05, 0) is 53.2 Å². The summed E-state index contributed by atoms with van der Waals surface area (Å²) in [5.41, 5.74) is 2.94. The Hall–Kier alpha value is -2.61. The Kier molecular flexibility index (Phi) is 5.18. The van der Waals surface area contributed by atoms with E-state index in [1.54, 1.807) is 19.4 Å². The summed E-state index contributed by atoms with van der Waals surface area (Å²) in [6.45, 7) is 3.12. The van der Waals surface area contributed by atoms with Gasteiger partial charge in [-0.15, -0.1) is 0 Å². The van der Waals surface area contributed by atoms with Crippen LogP contribution in [0.15, 0.2) is 41.0 Å². The van der Waals surface area contributed by atoms with Gasteiger partial charge in [0.1, 0.15) is 11.4 Å². The summed E-state index contributed by atoms with van der Waals surface area (Å²) in [5, 5.41) is 14.1. The highest BCUT2D eigenvalue weighted by Crippen LogP contribution is 2.21. The number of carbonyl (C=O) groups is 1. The minimum Gasteiger partial charge on any atom is -0.497 e. The van der Waals surface area contributed by atoms with Gasteiger partial charge in [0, 0.05) is 12.1 Å². The smallest absolute Gasteiger partial charge is 0.269 e. The average Bonchev–Trinajstić information content (AvgIpc) is 3.27. The SMILES string of the molecule is CCn1ncc(Br)c1CNC(=O)c1cc(-c2ccc(OC)cc2)n[nH]1. The van der Waals surface area contributed by atoms with Crippen molar-refractivity contribution in [2.24, 2.45) is 0 Å². The lowest BCUT2D eigenvalue weighted by molar-refractivity contribution is 0.0945. The highest BCUT2D eigenvalue weighted by Gasteiger charge is 2.13. The molecule has 0 aliphatic rings. The standard InChI is InChI=1S/C17H18BrN5O2/c1-3-23-16(13(18)9-20-23)10-19-17(24)15-8-14(21-22-15)11-4-6-12(25-2)7-5-11/h4-9H,3,10H2,1-2H3,(H,19,24)(H,21,22). The van der Waals surface area contributed by atoms with Gasteiger partial charge in [0.05, 0.1) is 35.7 Å². The van der Waals surface area contributed by atoms with Crippen molar-refractivity contribution in [2.45, 2.75) is 20.0 Å². The molecule has 2 heterocycles. The Morgan fingerprint density at radius 1 is 1.36 bits per heavy atom. The third kappa shape index (κ3) is 3.74. The van der Waals surface area contributed by atoms with Crippen LogP contribution >= 0.6 is 15.9 Å². The van der Waals surface area contributed by atoms with Crippen molar-refractivity contribution in [2.75, 3.05) is 7.11 Å². The Bertz CT molecular complexity index is 870. The summed E-state index contributed by atoms with van der Waals surface area (Å²) in [6.07, 6.45) is 1.73. The quantitative estimate of drug-likeness (QED) is 0.662. The molecule has 3 rings (SSSR count). The number of nitrogens with one attached hydrogen (secondary N) is 2. The number of halogens is 1. The maximum absolute atomic E-state index is 12.3. The van der Waals surface area contributed by atoms with Crippen LogP contribution in [0.4, 0.5) is 0 Å². The molecule has 0 unspecified atom stereocenters. The topological polar surface area (TPSA) is 84.8 Å². The third-order valence-corrected chi connectivity index (χ3v) is 4.48. The van der Waals surface area contributed by atoms with Crippen molar-refractivity contribution < 1.29 is 9.53 Å². The van der Waals surface area contributed by atoms with Crippen LogP contribution < -0.4 is 10.1 Å². The van der Waals surface area contributed by atoms with Crippen LogP contribution in [0.25, 0.3) is 11.3 Å². The summed E-state index contributed by atoms with van der Waals surface area (Å²) < 4.78 is 7.85. The number of hydrogen-bond acceptors (Lipinski definition) is 4. The maximum Gasteiger partial charge on any atom is 0.269 e. The van der Waals surface area contributed by atoms with Crippen molar-refractivity contribution in [3.63, 3.8) is 0 Å². The molecular formula is C17H18BrN5O2. The van der Waals surface area contributed by atoms with Gasteiger partial charge in [0.15, 0.2) is 0 Å². The van der Waals surface area contributed by atoms with E-state index >= 15 is 0 Å². The number of ether oxygens (including phenoxy) is 1. The second kappa shape index (κ2) is 7.52. The van der Waals surface area contributed by atoms with Gasteiger partial charge in [0.2, 0.25) is 0 Å². The van der Waals surface area contributed by atoms with E-state index in [0.717, 1.165) is 28.0 Å². The molecule has 2 aromatic heterocycles. The number of benzene rings is 1. The van der Waals surface area contributed by atoms with Crippen LogP contribution in [0.2, 0.25) is 0 Å². The molecule has 0 radical (unpaired) electrons. The normalized spacial score (nSPS) is 10.7. The first-order valence-electron chi connectivity index (χ1n) is 7.80. The van der Waals surface area contributed by atoms with Crippen LogP contribution in [0.3, 0.4) is 0 Å². The van der Waals surface area contributed by atoms with Crippen molar-refractivity contribution >= 4 is 21.8 Å². The number of H-pyrrole nitrogens is 1. The molecule has 130 valence electrons. The Balaban J connectivity index is 1.69. The molecule has 2 N–H and O–H groups in total. The van der Waals surface area contributed by atoms with Crippen LogP contribution in [0.1, 0.15) is 23.1 Å². The first-order chi connectivity index (χ1) is 12.1. The van der Waals surface area contributed by atoms with E-state index in [4.69, 9.17) is 4.74 Å². The molecule has 8 heteroatoms. The van der Waals surface area contributed by atoms with Crippen LogP contribution in [0.5, 0.6) is 5.75 Å². The number of amides is 1. The summed E-state index contributed by atoms with van der Waals surface area (Å²) >= 11 is 3.45. The zero-order chi connectivity index (χ0) is 17.8. The van der Waals surface area contributed by atoms with E-state index in [2.05, 4.69) is 36.5 Å². The largest absolute Gasteiger partial charge is 0.497 e. The van der Waals surface area contributed by atoms with Crippen molar-refractivity contribution in [1.29, 1.82) is 0 Å². The fourth-order valence-electron chi connectivity index (χ4n) is 2.44. The Labute approximate surface area is 153 Å². The van der Waals surface area contributed by atoms with Crippen LogP contribution in [-0.2, 0) is 13.1 Å². The summed E-state index contributed by atoms with van der Waals surface area (Å²) in [5.74, 6) is 0.554. The van der Waals surface area contributed by atoms with Gasteiger partial charge in [-0.1, -0.05) is 0 Å². The molecule has 3 aromatic rings. The molecule has 0 aliphatic heterocycles. The van der Waals surface area contributed by atoms with E-state index in [1.165, 1.54) is 0 Å². The number of hydrogen-bond donors (Lipinski definition) is 2. The van der Waals surface area contributed by atoms with E-state index in [1.807, 2.05) is 35.9 Å². The van der Waals surface area contributed by atoms with E-state index < -0.39 is 0 Å². The molecule has 0 fully saturated rings. The fraction of sp³-hybridized carbons (Fsp3) is 0.235. The molecule has 0 bridgehead atoms. The Morgan fingerprint density at radius 2 is 2.12 bits per heavy atom. The molecule has 25 heavy (non-hydrogen) atoms. The number of carbonyl (C=O) groups excluding carboxylic acids is 1. The minimum absolute atomic E-state index is 0.219. The molecule has 0 saturated heterocycles. The van der Waals surface area contributed by atoms with Crippen LogP contribution in [0, 0.1) is 0 Å². The number of aromatic nitrogens is 4. The fourth-order valence-corrected chi connectivity index (χ4v) is 2.88. The monoisotopic (exact) mass is 403 g/mol. The lowest BCUT2D eigenvalue weighted by atomic mass is 10.1. The van der Waals surface area contributed by atoms with Gasteiger partial charge < -0.3 is 10.1 Å². The van der Waals surface area contributed by atoms with E-state index in [0.29, 0.717) is 17.9 Å². The second-order valence-corrected chi connectivity index (χ2v) is 6.19. The van der Waals surface area contributed by atoms with Gasteiger partial charge in [-0.2, -0.15) is 10.2 Å². The highest BCUT2D eigenvalue weighted by molar-refractivity contribution is 9.10. The number of aryl methyl sites for hydroxylation is 1. The minimum atomic E-state index is -0.219. The molecular weight excluding hydrogens is 386 g/mol. The van der Waals surface area contributed by atoms with Crippen LogP contribution in [-0.4, -0.2) is 33.0 Å². The first kappa shape index (κ1) is 17.2. The van der Waals surface area contributed by atoms with Gasteiger partial charge in [-0.3, -0.25) is 14.6 Å².